The highest BCUT2D eigenvalue weighted by molar-refractivity contribution is 6.16. The van der Waals surface area contributed by atoms with Gasteiger partial charge in [-0.3, -0.25) is 9.59 Å². The first-order chi connectivity index (χ1) is 19.4. The number of halogens is 1. The van der Waals surface area contributed by atoms with E-state index in [0.29, 0.717) is 54.2 Å². The predicted molar refractivity (Wildman–Crippen MR) is 141 cm³/mol. The van der Waals surface area contributed by atoms with E-state index < -0.39 is 23.0 Å². The van der Waals surface area contributed by atoms with Crippen LogP contribution in [0.3, 0.4) is 0 Å². The van der Waals surface area contributed by atoms with Crippen LogP contribution in [0.25, 0.3) is 11.0 Å². The number of rotatable bonds is 11. The van der Waals surface area contributed by atoms with Crippen LogP contribution in [0.15, 0.2) is 55.0 Å². The van der Waals surface area contributed by atoms with Crippen molar-refractivity contribution < 1.29 is 32.9 Å². The minimum atomic E-state index is -1.19. The van der Waals surface area contributed by atoms with Crippen LogP contribution in [0.4, 0.5) is 15.8 Å². The molecule has 5 rings (SSSR count). The lowest BCUT2D eigenvalue weighted by molar-refractivity contribution is -0.131. The summed E-state index contributed by atoms with van der Waals surface area (Å²) in [6.07, 6.45) is 3.53. The maximum atomic E-state index is 13.1. The molecule has 3 heterocycles. The van der Waals surface area contributed by atoms with Crippen molar-refractivity contribution in [3.63, 3.8) is 0 Å². The third kappa shape index (κ3) is 5.73. The van der Waals surface area contributed by atoms with Gasteiger partial charge in [-0.25, -0.2) is 19.3 Å². The molecule has 12 nitrogen and oxygen atoms in total. The van der Waals surface area contributed by atoms with Crippen molar-refractivity contribution in [3.8, 4) is 23.4 Å². The number of fused-ring (bicyclic) bond motifs is 1. The standard InChI is InChI=1S/C27H25FN6O6/c1-37-11-12-39-20-13-19-22(34-23(20)38-2)24(31-15-30-19)40-21-8-7-18(14-29-21)33-26(36)27(9-10-27)25(35)32-17-5-3-16(28)4-6-17/h3-8,13-15H,9-12H2,1-2H3,(H,32,35)(H,33,36). The maximum Gasteiger partial charge on any atom is 0.257 e. The fourth-order valence-corrected chi connectivity index (χ4v) is 3.82. The molecule has 0 radical (unpaired) electrons. The molecule has 1 aliphatic carbocycles. The number of benzene rings is 1. The summed E-state index contributed by atoms with van der Waals surface area (Å²) in [6, 6.07) is 10.1. The normalized spacial score (nSPS) is 13.4. The average molecular weight is 549 g/mol. The van der Waals surface area contributed by atoms with Gasteiger partial charge < -0.3 is 29.6 Å². The van der Waals surface area contributed by atoms with Gasteiger partial charge in [0.2, 0.25) is 17.7 Å². The summed E-state index contributed by atoms with van der Waals surface area (Å²) in [6.45, 7) is 0.701. The molecule has 0 unspecified atom stereocenters. The number of ether oxygens (including phenoxy) is 4. The van der Waals surface area contributed by atoms with Gasteiger partial charge in [-0.15, -0.1) is 0 Å². The third-order valence-corrected chi connectivity index (χ3v) is 6.16. The summed E-state index contributed by atoms with van der Waals surface area (Å²) in [5.41, 5.74) is 0.396. The number of nitrogens with zero attached hydrogens (tertiary/aromatic N) is 4. The number of pyridine rings is 2. The second-order valence-corrected chi connectivity index (χ2v) is 8.87. The van der Waals surface area contributed by atoms with Crippen LogP contribution in [0, 0.1) is 11.2 Å². The molecular weight excluding hydrogens is 523 g/mol. The molecule has 0 spiro atoms. The number of hydrogen-bond donors (Lipinski definition) is 2. The van der Waals surface area contributed by atoms with Crippen LogP contribution in [0.1, 0.15) is 12.8 Å². The van der Waals surface area contributed by atoms with Gasteiger partial charge in [-0.1, -0.05) is 0 Å². The summed E-state index contributed by atoms with van der Waals surface area (Å²) < 4.78 is 35.0. The van der Waals surface area contributed by atoms with E-state index in [9.17, 15) is 14.0 Å². The van der Waals surface area contributed by atoms with Crippen molar-refractivity contribution in [2.45, 2.75) is 12.8 Å². The molecule has 2 amide bonds. The zero-order chi connectivity index (χ0) is 28.1. The Balaban J connectivity index is 1.26. The summed E-state index contributed by atoms with van der Waals surface area (Å²) in [7, 11) is 3.04. The van der Waals surface area contributed by atoms with Gasteiger partial charge in [0.1, 0.15) is 29.7 Å². The number of carbonyl (C=O) groups excluding carboxylic acids is 2. The van der Waals surface area contributed by atoms with Gasteiger partial charge >= 0.3 is 0 Å². The third-order valence-electron chi connectivity index (χ3n) is 6.16. The zero-order valence-corrected chi connectivity index (χ0v) is 21.6. The smallest absolute Gasteiger partial charge is 0.257 e. The Morgan fingerprint density at radius 2 is 1.65 bits per heavy atom. The molecule has 1 saturated carbocycles. The van der Waals surface area contributed by atoms with E-state index in [2.05, 4.69) is 30.6 Å². The second-order valence-electron chi connectivity index (χ2n) is 8.87. The molecule has 0 bridgehead atoms. The second kappa shape index (κ2) is 11.5. The van der Waals surface area contributed by atoms with Crippen LogP contribution in [-0.4, -0.2) is 59.2 Å². The number of methoxy groups -OCH3 is 2. The number of aromatic nitrogens is 4. The van der Waals surface area contributed by atoms with Gasteiger partial charge in [0.05, 0.1) is 25.6 Å². The number of nitrogens with one attached hydrogen (secondary N) is 2. The lowest BCUT2D eigenvalue weighted by Crippen LogP contribution is -2.35. The van der Waals surface area contributed by atoms with Crippen molar-refractivity contribution in [1.29, 1.82) is 0 Å². The zero-order valence-electron chi connectivity index (χ0n) is 21.6. The molecule has 1 aromatic carbocycles. The van der Waals surface area contributed by atoms with Crippen LogP contribution in [0.2, 0.25) is 0 Å². The Kier molecular flexibility index (Phi) is 7.64. The molecule has 2 N–H and O–H groups in total. The molecule has 0 saturated heterocycles. The fourth-order valence-electron chi connectivity index (χ4n) is 3.82. The van der Waals surface area contributed by atoms with Gasteiger partial charge in [0, 0.05) is 24.9 Å². The molecule has 13 heteroatoms. The summed E-state index contributed by atoms with van der Waals surface area (Å²) >= 11 is 0. The van der Waals surface area contributed by atoms with Crippen molar-refractivity contribution in [2.24, 2.45) is 5.41 Å². The molecule has 40 heavy (non-hydrogen) atoms. The maximum absolute atomic E-state index is 13.1. The molecular formula is C27H25FN6O6. The van der Waals surface area contributed by atoms with Gasteiger partial charge in [0.15, 0.2) is 11.3 Å². The molecule has 1 fully saturated rings. The largest absolute Gasteiger partial charge is 0.485 e. The Morgan fingerprint density at radius 1 is 0.925 bits per heavy atom. The van der Waals surface area contributed by atoms with Crippen LogP contribution in [-0.2, 0) is 14.3 Å². The molecule has 1 aliphatic rings. The number of hydrogen-bond acceptors (Lipinski definition) is 10. The van der Waals surface area contributed by atoms with E-state index in [-0.39, 0.29) is 17.6 Å². The van der Waals surface area contributed by atoms with Crippen molar-refractivity contribution in [3.05, 3.63) is 60.8 Å². The van der Waals surface area contributed by atoms with Crippen LogP contribution >= 0.6 is 0 Å². The average Bonchev–Trinajstić information content (AvgIpc) is 3.78. The summed E-state index contributed by atoms with van der Waals surface area (Å²) in [5.74, 6) is -0.362. The quantitative estimate of drug-likeness (QED) is 0.210. The number of amides is 2. The highest BCUT2D eigenvalue weighted by atomic mass is 19.1. The van der Waals surface area contributed by atoms with E-state index in [1.807, 2.05) is 0 Å². The first-order valence-corrected chi connectivity index (χ1v) is 12.3. The number of anilines is 2. The Bertz CT molecular complexity index is 1530. The fraction of sp³-hybridized carbons (Fsp3) is 0.259. The molecule has 0 aliphatic heterocycles. The van der Waals surface area contributed by atoms with Crippen LogP contribution < -0.4 is 24.8 Å². The molecule has 4 aromatic rings. The van der Waals surface area contributed by atoms with E-state index in [1.165, 1.54) is 43.9 Å². The molecule has 3 aromatic heterocycles. The van der Waals surface area contributed by atoms with Crippen molar-refractivity contribution in [2.75, 3.05) is 38.1 Å². The lowest BCUT2D eigenvalue weighted by atomic mass is 10.0. The molecule has 0 atom stereocenters. The first-order valence-electron chi connectivity index (χ1n) is 12.3. The minimum absolute atomic E-state index is 0.144. The summed E-state index contributed by atoms with van der Waals surface area (Å²) in [5, 5.41) is 5.40. The topological polar surface area (TPSA) is 147 Å². The molecule has 206 valence electrons. The van der Waals surface area contributed by atoms with E-state index >= 15 is 0 Å². The van der Waals surface area contributed by atoms with Crippen molar-refractivity contribution in [1.82, 2.24) is 19.9 Å². The van der Waals surface area contributed by atoms with E-state index in [4.69, 9.17) is 18.9 Å². The Labute approximate surface area is 227 Å². The predicted octanol–water partition coefficient (Wildman–Crippen LogP) is 3.74. The van der Waals surface area contributed by atoms with E-state index in [1.54, 1.807) is 25.3 Å². The monoisotopic (exact) mass is 548 g/mol. The van der Waals surface area contributed by atoms with Gasteiger partial charge in [0.25, 0.3) is 11.8 Å². The lowest BCUT2D eigenvalue weighted by Gasteiger charge is -2.15. The van der Waals surface area contributed by atoms with Gasteiger partial charge in [-0.05, 0) is 43.2 Å². The minimum Gasteiger partial charge on any atom is -0.485 e. The van der Waals surface area contributed by atoms with Crippen LogP contribution in [0.5, 0.6) is 23.4 Å². The highest BCUT2D eigenvalue weighted by Gasteiger charge is 2.56. The van der Waals surface area contributed by atoms with E-state index in [0.717, 1.165) is 0 Å². The Hall–Kier alpha value is -4.91. The Morgan fingerprint density at radius 3 is 2.30 bits per heavy atom. The SMILES string of the molecule is COCCOc1cc2ncnc(Oc3ccc(NC(=O)C4(C(=O)Nc5ccc(F)cc5)CC4)cn3)c2nc1OC. The van der Waals surface area contributed by atoms with Gasteiger partial charge in [-0.2, -0.15) is 4.98 Å². The highest BCUT2D eigenvalue weighted by Crippen LogP contribution is 2.47. The number of carbonyl (C=O) groups is 2. The summed E-state index contributed by atoms with van der Waals surface area (Å²) in [4.78, 5) is 42.8. The van der Waals surface area contributed by atoms with Crippen molar-refractivity contribution >= 4 is 34.2 Å². The first kappa shape index (κ1) is 26.7.